The molecule has 50 heavy (non-hydrogen) atoms. The zero-order valence-corrected chi connectivity index (χ0v) is 28.3. The maximum Gasteiger partial charge on any atom is 0.119 e. The van der Waals surface area contributed by atoms with Crippen LogP contribution in [0.25, 0.3) is 0 Å². The molecule has 0 spiro atoms. The first kappa shape index (κ1) is 31.9. The summed E-state index contributed by atoms with van der Waals surface area (Å²) in [5.74, 6) is 3.51. The fourth-order valence-corrected chi connectivity index (χ4v) is 7.53. The van der Waals surface area contributed by atoms with Crippen LogP contribution in [0.2, 0.25) is 0 Å². The summed E-state index contributed by atoms with van der Waals surface area (Å²) in [7, 11) is 0. The van der Waals surface area contributed by atoms with Crippen molar-refractivity contribution in [3.8, 4) is 23.0 Å². The van der Waals surface area contributed by atoms with Crippen molar-refractivity contribution in [2.24, 2.45) is 0 Å². The van der Waals surface area contributed by atoms with Crippen molar-refractivity contribution in [3.63, 3.8) is 0 Å². The average molecular weight is 677 g/mol. The van der Waals surface area contributed by atoms with Crippen molar-refractivity contribution in [1.82, 2.24) is 0 Å². The van der Waals surface area contributed by atoms with Crippen LogP contribution in [0.3, 0.4) is 0 Å². The van der Waals surface area contributed by atoms with Crippen molar-refractivity contribution in [1.29, 1.82) is 0 Å². The molecular formula is C42H44O8. The Labute approximate surface area is 293 Å². The maximum atomic E-state index is 6.22. The van der Waals surface area contributed by atoms with E-state index in [2.05, 4.69) is 97.1 Å². The Morgan fingerprint density at radius 1 is 0.400 bits per heavy atom. The molecule has 0 radical (unpaired) electrons. The SMILES string of the molecule is c1cc(OCC2CO2)cc(C2(c3ccc(OCC4CO4)cc3)CCC(c3cccc(OCC4CO4)c3)(c3cccc(OCC4CO4)c3)CC2)c1. The van der Waals surface area contributed by atoms with Gasteiger partial charge < -0.3 is 37.9 Å². The third-order valence-corrected chi connectivity index (χ3v) is 10.9. The third-order valence-electron chi connectivity index (χ3n) is 10.9. The van der Waals surface area contributed by atoms with Gasteiger partial charge >= 0.3 is 0 Å². The van der Waals surface area contributed by atoms with Crippen LogP contribution in [0, 0.1) is 0 Å². The monoisotopic (exact) mass is 676 g/mol. The van der Waals surface area contributed by atoms with E-state index in [1.165, 1.54) is 22.3 Å². The van der Waals surface area contributed by atoms with Gasteiger partial charge in [-0.15, -0.1) is 0 Å². The van der Waals surface area contributed by atoms with Crippen LogP contribution in [-0.4, -0.2) is 77.3 Å². The fraction of sp³-hybridized carbons (Fsp3) is 0.429. The van der Waals surface area contributed by atoms with Gasteiger partial charge in [0, 0.05) is 10.8 Å². The molecule has 0 N–H and O–H groups in total. The van der Waals surface area contributed by atoms with Gasteiger partial charge in [-0.05, 0) is 96.5 Å². The second-order valence-corrected chi connectivity index (χ2v) is 14.3. The number of benzene rings is 4. The molecule has 0 aromatic heterocycles. The maximum absolute atomic E-state index is 6.22. The fourth-order valence-electron chi connectivity index (χ4n) is 7.53. The predicted octanol–water partition coefficient (Wildman–Crippen LogP) is 6.64. The van der Waals surface area contributed by atoms with Crippen molar-refractivity contribution in [2.75, 3.05) is 52.9 Å². The quantitative estimate of drug-likeness (QED) is 0.122. The van der Waals surface area contributed by atoms with E-state index in [-0.39, 0.29) is 35.2 Å². The standard InChI is InChI=1S/C42H44O8/c1-4-30(18-34(7-1)44-22-38-26-48-38)41(29-10-12-33(13-11-29)43-21-37-25-47-37)14-16-42(17-15-41,31-5-2-8-35(19-31)45-23-39-27-49-39)32-6-3-9-36(20-32)46-24-40-28-50-40/h1-13,18-20,37-40H,14-17,21-28H2. The van der Waals surface area contributed by atoms with Crippen molar-refractivity contribution in [2.45, 2.75) is 60.9 Å². The second kappa shape index (κ2) is 13.6. The number of epoxide rings is 4. The molecule has 260 valence electrons. The lowest BCUT2D eigenvalue weighted by Gasteiger charge is -2.48. The van der Waals surface area contributed by atoms with Gasteiger partial charge in [0.2, 0.25) is 0 Å². The Morgan fingerprint density at radius 2 is 0.720 bits per heavy atom. The molecule has 4 atom stereocenters. The van der Waals surface area contributed by atoms with Gasteiger partial charge in [0.1, 0.15) is 73.8 Å². The molecule has 0 amide bonds. The van der Waals surface area contributed by atoms with Gasteiger partial charge in [0.15, 0.2) is 0 Å². The largest absolute Gasteiger partial charge is 0.491 e. The van der Waals surface area contributed by atoms with Crippen molar-refractivity contribution >= 4 is 0 Å². The lowest BCUT2D eigenvalue weighted by atomic mass is 9.55. The highest BCUT2D eigenvalue weighted by Gasteiger charge is 2.47. The lowest BCUT2D eigenvalue weighted by molar-refractivity contribution is 0.245. The van der Waals surface area contributed by atoms with Gasteiger partial charge in [-0.2, -0.15) is 0 Å². The van der Waals surface area contributed by atoms with Crippen molar-refractivity contribution in [3.05, 3.63) is 119 Å². The Hall–Kier alpha value is -4.08. The van der Waals surface area contributed by atoms with Gasteiger partial charge in [-0.3, -0.25) is 0 Å². The molecule has 1 saturated carbocycles. The molecule has 4 unspecified atom stereocenters. The smallest absolute Gasteiger partial charge is 0.119 e. The molecule has 9 rings (SSSR count). The molecule has 4 aromatic rings. The Bertz CT molecular complexity index is 1700. The van der Waals surface area contributed by atoms with E-state index < -0.39 is 0 Å². The normalized spacial score (nSPS) is 29.1. The minimum atomic E-state index is -0.251. The Kier molecular flexibility index (Phi) is 8.65. The summed E-state index contributed by atoms with van der Waals surface area (Å²) < 4.78 is 46.3. The highest BCUT2D eigenvalue weighted by Crippen LogP contribution is 2.55. The molecule has 8 heteroatoms. The molecule has 1 aliphatic carbocycles. The molecule has 5 aliphatic rings. The van der Waals surface area contributed by atoms with E-state index in [1.54, 1.807) is 0 Å². The van der Waals surface area contributed by atoms with Crippen LogP contribution in [-0.2, 0) is 29.8 Å². The summed E-state index contributed by atoms with van der Waals surface area (Å²) in [6, 6.07) is 34.8. The highest BCUT2D eigenvalue weighted by atomic mass is 16.6. The Morgan fingerprint density at radius 3 is 1.06 bits per heavy atom. The summed E-state index contributed by atoms with van der Waals surface area (Å²) in [6.07, 6.45) is 4.52. The van der Waals surface area contributed by atoms with Gasteiger partial charge in [-0.1, -0.05) is 48.5 Å². The first-order valence-electron chi connectivity index (χ1n) is 18.0. The topological polar surface area (TPSA) is 87.0 Å². The van der Waals surface area contributed by atoms with Gasteiger partial charge in [0.25, 0.3) is 0 Å². The van der Waals surface area contributed by atoms with E-state index >= 15 is 0 Å². The molecule has 4 aliphatic heterocycles. The number of hydrogen-bond donors (Lipinski definition) is 0. The van der Waals surface area contributed by atoms with E-state index in [0.29, 0.717) is 26.4 Å². The zero-order valence-electron chi connectivity index (χ0n) is 28.3. The van der Waals surface area contributed by atoms with E-state index in [4.69, 9.17) is 37.9 Å². The third kappa shape index (κ3) is 7.21. The predicted molar refractivity (Wildman–Crippen MR) is 187 cm³/mol. The number of hydrogen-bond acceptors (Lipinski definition) is 8. The summed E-state index contributed by atoms with van der Waals surface area (Å²) in [5.41, 5.74) is 4.59. The second-order valence-electron chi connectivity index (χ2n) is 14.3. The van der Waals surface area contributed by atoms with Crippen LogP contribution < -0.4 is 18.9 Å². The molecule has 0 bridgehead atoms. The molecular weight excluding hydrogens is 632 g/mol. The molecule has 4 saturated heterocycles. The van der Waals surface area contributed by atoms with Crippen LogP contribution in [0.1, 0.15) is 47.9 Å². The van der Waals surface area contributed by atoms with Crippen LogP contribution in [0.4, 0.5) is 0 Å². The lowest BCUT2D eigenvalue weighted by Crippen LogP contribution is -2.41. The number of ether oxygens (including phenoxy) is 8. The molecule has 5 fully saturated rings. The first-order valence-corrected chi connectivity index (χ1v) is 18.0. The molecule has 4 aromatic carbocycles. The van der Waals surface area contributed by atoms with Crippen molar-refractivity contribution < 1.29 is 37.9 Å². The average Bonchev–Trinajstić information content (AvgIpc) is 3.98. The summed E-state index contributed by atoms with van der Waals surface area (Å²) in [6.45, 7) is 5.41. The summed E-state index contributed by atoms with van der Waals surface area (Å²) in [4.78, 5) is 0. The summed E-state index contributed by atoms with van der Waals surface area (Å²) in [5, 5.41) is 0. The van der Waals surface area contributed by atoms with Gasteiger partial charge in [-0.25, -0.2) is 0 Å². The highest BCUT2D eigenvalue weighted by molar-refractivity contribution is 5.50. The van der Waals surface area contributed by atoms with E-state index in [1.807, 2.05) is 0 Å². The number of rotatable bonds is 16. The molecule has 8 nitrogen and oxygen atoms in total. The summed E-state index contributed by atoms with van der Waals surface area (Å²) >= 11 is 0. The molecule has 4 heterocycles. The van der Waals surface area contributed by atoms with Crippen LogP contribution in [0.5, 0.6) is 23.0 Å². The van der Waals surface area contributed by atoms with Crippen LogP contribution >= 0.6 is 0 Å². The van der Waals surface area contributed by atoms with Gasteiger partial charge in [0.05, 0.1) is 26.4 Å². The van der Waals surface area contributed by atoms with E-state index in [9.17, 15) is 0 Å². The zero-order chi connectivity index (χ0) is 33.4. The van der Waals surface area contributed by atoms with E-state index in [0.717, 1.165) is 75.1 Å². The minimum absolute atomic E-state index is 0.197. The van der Waals surface area contributed by atoms with Crippen LogP contribution in [0.15, 0.2) is 97.1 Å². The Balaban J connectivity index is 1.06. The minimum Gasteiger partial charge on any atom is -0.491 e. The first-order chi connectivity index (χ1) is 24.6.